The largest absolute Gasteiger partial charge is 0.412 e. The van der Waals surface area contributed by atoms with Crippen LogP contribution < -0.4 is 10.7 Å². The monoisotopic (exact) mass is 303 g/mol. The van der Waals surface area contributed by atoms with Gasteiger partial charge in [-0.3, -0.25) is 9.59 Å². The number of carbonyl (C=O) groups excluding carboxylic acids is 2. The molecule has 0 atom stereocenters. The number of Topliss-reactive ketones (excluding diaryl/α,β-unsaturated/α-hetero) is 2. The van der Waals surface area contributed by atoms with E-state index >= 15 is 0 Å². The Morgan fingerprint density at radius 3 is 2.41 bits per heavy atom. The van der Waals surface area contributed by atoms with E-state index in [9.17, 15) is 9.59 Å². The third-order valence-corrected chi connectivity index (χ3v) is 4.99. The summed E-state index contributed by atoms with van der Waals surface area (Å²) in [5, 5.41) is 0. The molecule has 1 saturated carbocycles. The molecule has 1 aliphatic carbocycles. The Morgan fingerprint density at radius 1 is 1.18 bits per heavy atom. The van der Waals surface area contributed by atoms with Crippen molar-refractivity contribution in [3.05, 3.63) is 29.3 Å². The van der Waals surface area contributed by atoms with Crippen molar-refractivity contribution in [1.29, 1.82) is 0 Å². The van der Waals surface area contributed by atoms with Gasteiger partial charge in [0.1, 0.15) is 23.2 Å². The summed E-state index contributed by atoms with van der Waals surface area (Å²) in [7, 11) is 0. The first-order chi connectivity index (χ1) is 10.5. The summed E-state index contributed by atoms with van der Waals surface area (Å²) >= 11 is 0. The van der Waals surface area contributed by atoms with E-state index in [2.05, 4.69) is 0 Å². The molecular weight excluding hydrogens is 282 g/mol. The maximum absolute atomic E-state index is 12.7. The topological polar surface area (TPSA) is 78.6 Å². The van der Waals surface area contributed by atoms with Crippen LogP contribution in [0.15, 0.2) is 18.2 Å². The molecule has 1 aromatic rings. The smallest absolute Gasteiger partial charge is 0.148 e. The lowest BCUT2D eigenvalue weighted by atomic mass is 9.64. The number of ether oxygens (including phenoxy) is 1. The van der Waals surface area contributed by atoms with Crippen LogP contribution in [0.1, 0.15) is 42.7 Å². The molecule has 22 heavy (non-hydrogen) atoms. The third-order valence-electron chi connectivity index (χ3n) is 4.99. The predicted octanol–water partition coefficient (Wildman–Crippen LogP) is 2.06. The van der Waals surface area contributed by atoms with Gasteiger partial charge in [0.25, 0.3) is 0 Å². The van der Waals surface area contributed by atoms with E-state index in [1.54, 1.807) is 12.1 Å². The first-order valence-corrected chi connectivity index (χ1v) is 7.65. The second kappa shape index (κ2) is 5.82. The Hall–Kier alpha value is -1.72. The zero-order valence-electron chi connectivity index (χ0n) is 12.8. The summed E-state index contributed by atoms with van der Waals surface area (Å²) < 4.78 is 5.38. The molecule has 1 aromatic carbocycles. The molecule has 2 fully saturated rings. The summed E-state index contributed by atoms with van der Waals surface area (Å²) in [6.07, 6.45) is 2.50. The number of ketones is 2. The Labute approximate surface area is 129 Å². The fourth-order valence-corrected chi connectivity index (χ4v) is 3.69. The normalized spacial score (nSPS) is 22.1. The molecule has 2 N–H and O–H groups in total. The van der Waals surface area contributed by atoms with E-state index in [1.165, 1.54) is 0 Å². The number of aryl methyl sites for hydroxylation is 1. The van der Waals surface area contributed by atoms with E-state index in [0.29, 0.717) is 31.8 Å². The van der Waals surface area contributed by atoms with Crippen molar-refractivity contribution in [2.24, 2.45) is 11.3 Å². The SMILES string of the molecule is Cc1ccc(ON)cc1C1C(=O)CC2(CCOCC2)CC1=O. The molecule has 118 valence electrons. The highest BCUT2D eigenvalue weighted by molar-refractivity contribution is 6.10. The molecule has 0 unspecified atom stereocenters. The van der Waals surface area contributed by atoms with Crippen LogP contribution in [-0.4, -0.2) is 24.8 Å². The maximum Gasteiger partial charge on any atom is 0.148 e. The number of nitrogens with two attached hydrogens (primary N) is 1. The van der Waals surface area contributed by atoms with Crippen molar-refractivity contribution in [3.63, 3.8) is 0 Å². The van der Waals surface area contributed by atoms with E-state index in [4.69, 9.17) is 15.5 Å². The Kier molecular flexibility index (Phi) is 4.02. The summed E-state index contributed by atoms with van der Waals surface area (Å²) in [5.74, 6) is 5.00. The van der Waals surface area contributed by atoms with Gasteiger partial charge in [0, 0.05) is 26.1 Å². The van der Waals surface area contributed by atoms with Crippen LogP contribution in [0, 0.1) is 12.3 Å². The van der Waals surface area contributed by atoms with E-state index in [1.807, 2.05) is 13.0 Å². The predicted molar refractivity (Wildman–Crippen MR) is 80.5 cm³/mol. The van der Waals surface area contributed by atoms with E-state index < -0.39 is 5.92 Å². The summed E-state index contributed by atoms with van der Waals surface area (Å²) in [6, 6.07) is 5.27. The molecule has 5 heteroatoms. The van der Waals surface area contributed by atoms with Gasteiger partial charge in [-0.05, 0) is 48.4 Å². The number of hydrogen-bond acceptors (Lipinski definition) is 5. The zero-order valence-corrected chi connectivity index (χ0v) is 12.8. The molecule has 1 spiro atoms. The average Bonchev–Trinajstić information content (AvgIpc) is 2.49. The highest BCUT2D eigenvalue weighted by Gasteiger charge is 2.46. The first-order valence-electron chi connectivity index (χ1n) is 7.65. The second-order valence-electron chi connectivity index (χ2n) is 6.47. The molecule has 0 aromatic heterocycles. The van der Waals surface area contributed by atoms with Gasteiger partial charge >= 0.3 is 0 Å². The lowest BCUT2D eigenvalue weighted by Crippen LogP contribution is -2.42. The lowest BCUT2D eigenvalue weighted by Gasteiger charge is -2.41. The van der Waals surface area contributed by atoms with Crippen LogP contribution in [0.5, 0.6) is 5.75 Å². The molecule has 1 heterocycles. The Balaban J connectivity index is 1.90. The molecule has 0 bridgehead atoms. The third kappa shape index (κ3) is 2.66. The van der Waals surface area contributed by atoms with Crippen molar-refractivity contribution in [3.8, 4) is 5.75 Å². The number of rotatable bonds is 2. The van der Waals surface area contributed by atoms with Crippen LogP contribution in [0.2, 0.25) is 0 Å². The molecular formula is C17H21NO4. The van der Waals surface area contributed by atoms with Gasteiger partial charge in [-0.15, -0.1) is 0 Å². The van der Waals surface area contributed by atoms with E-state index in [-0.39, 0.29) is 17.0 Å². The van der Waals surface area contributed by atoms with Crippen LogP contribution in [0.25, 0.3) is 0 Å². The summed E-state index contributed by atoms with van der Waals surface area (Å²) in [5.41, 5.74) is 1.45. The van der Waals surface area contributed by atoms with Gasteiger partial charge in [-0.2, -0.15) is 5.90 Å². The van der Waals surface area contributed by atoms with Gasteiger partial charge in [0.15, 0.2) is 0 Å². The molecule has 3 rings (SSSR count). The minimum atomic E-state index is -0.677. The first kappa shape index (κ1) is 15.2. The maximum atomic E-state index is 12.7. The molecule has 0 radical (unpaired) electrons. The number of hydrogen-bond donors (Lipinski definition) is 1. The molecule has 1 saturated heterocycles. The lowest BCUT2D eigenvalue weighted by molar-refractivity contribution is -0.139. The summed E-state index contributed by atoms with van der Waals surface area (Å²) in [6.45, 7) is 3.18. The fourth-order valence-electron chi connectivity index (χ4n) is 3.69. The zero-order chi connectivity index (χ0) is 15.7. The molecule has 5 nitrogen and oxygen atoms in total. The molecule has 1 aliphatic heterocycles. The van der Waals surface area contributed by atoms with Crippen molar-refractivity contribution < 1.29 is 19.2 Å². The van der Waals surface area contributed by atoms with Gasteiger partial charge in [-0.25, -0.2) is 0 Å². The molecule has 0 amide bonds. The van der Waals surface area contributed by atoms with Crippen LogP contribution in [0.3, 0.4) is 0 Å². The quantitative estimate of drug-likeness (QED) is 0.668. The Morgan fingerprint density at radius 2 is 1.82 bits per heavy atom. The van der Waals surface area contributed by atoms with Crippen molar-refractivity contribution in [1.82, 2.24) is 0 Å². The minimum Gasteiger partial charge on any atom is -0.412 e. The van der Waals surface area contributed by atoms with Crippen LogP contribution in [-0.2, 0) is 14.3 Å². The minimum absolute atomic E-state index is 0.00965. The van der Waals surface area contributed by atoms with Crippen LogP contribution in [0.4, 0.5) is 0 Å². The van der Waals surface area contributed by atoms with E-state index in [0.717, 1.165) is 24.0 Å². The second-order valence-corrected chi connectivity index (χ2v) is 6.47. The van der Waals surface area contributed by atoms with Gasteiger partial charge in [-0.1, -0.05) is 6.07 Å². The van der Waals surface area contributed by atoms with Gasteiger partial charge in [0.05, 0.1) is 0 Å². The van der Waals surface area contributed by atoms with Crippen molar-refractivity contribution in [2.75, 3.05) is 13.2 Å². The molecule has 2 aliphatic rings. The van der Waals surface area contributed by atoms with Crippen LogP contribution >= 0.6 is 0 Å². The van der Waals surface area contributed by atoms with Crippen molar-refractivity contribution >= 4 is 11.6 Å². The Bertz CT molecular complexity index is 585. The van der Waals surface area contributed by atoms with Gasteiger partial charge in [0.2, 0.25) is 0 Å². The van der Waals surface area contributed by atoms with Gasteiger partial charge < -0.3 is 9.57 Å². The number of carbonyl (C=O) groups is 2. The average molecular weight is 303 g/mol. The highest BCUT2D eigenvalue weighted by Crippen LogP contribution is 2.45. The van der Waals surface area contributed by atoms with Crippen molar-refractivity contribution in [2.45, 2.75) is 38.5 Å². The standard InChI is InChI=1S/C17H21NO4/c1-11-2-3-12(22-18)8-13(11)16-14(19)9-17(10-15(16)20)4-6-21-7-5-17/h2-3,8,16H,4-7,9-10,18H2,1H3. The number of benzene rings is 1. The fraction of sp³-hybridized carbons (Fsp3) is 0.529. The highest BCUT2D eigenvalue weighted by atomic mass is 16.6. The summed E-state index contributed by atoms with van der Waals surface area (Å²) in [4.78, 5) is 30.1.